The second kappa shape index (κ2) is 5.49. The first kappa shape index (κ1) is 9.71. The van der Waals surface area contributed by atoms with Gasteiger partial charge in [-0.25, -0.2) is 8.42 Å². The van der Waals surface area contributed by atoms with E-state index in [0.717, 1.165) is 0 Å². The molecule has 0 aromatic carbocycles. The Kier molecular flexibility index (Phi) is 10.7. The Balaban J connectivity index is 0. The van der Waals surface area contributed by atoms with Crippen molar-refractivity contribution in [1.82, 2.24) is 0 Å². The number of rotatable bonds is 0. The van der Waals surface area contributed by atoms with Gasteiger partial charge < -0.3 is 0 Å². The second-order valence-electron chi connectivity index (χ2n) is 0.238. The van der Waals surface area contributed by atoms with E-state index in [1.165, 1.54) is 0 Å². The third kappa shape index (κ3) is 30.0. The summed E-state index contributed by atoms with van der Waals surface area (Å²) in [4.78, 5) is 0. The minimum atomic E-state index is -3.12. The van der Waals surface area contributed by atoms with Crippen molar-refractivity contribution in [2.75, 3.05) is 0 Å². The van der Waals surface area contributed by atoms with Crippen LogP contribution in [0.2, 0.25) is 0 Å². The molecule has 5 heavy (non-hydrogen) atoms. The zero-order valence-electron chi connectivity index (χ0n) is 2.09. The maximum Gasteiger partial charge on any atom is 0.254 e. The molecular weight excluding hydrogens is 232 g/mol. The van der Waals surface area contributed by atoms with Gasteiger partial charge in [0.05, 0.1) is 0 Å². The Labute approximate surface area is 72.1 Å². The Morgan fingerprint density at radius 1 is 1.40 bits per heavy atom. The van der Waals surface area contributed by atoms with E-state index >= 15 is 0 Å². The standard InChI is InChI=1S/Eu.H2O3S/c;1-4(2)3/h;4H,(H,1,2,3). The fraction of sp³-hybridized carbons (Fsp3) is 0. The smallest absolute Gasteiger partial charge is 0.254 e. The van der Waals surface area contributed by atoms with Gasteiger partial charge in [0.2, 0.25) is 0 Å². The van der Waals surface area contributed by atoms with Gasteiger partial charge in [0, 0.05) is 49.4 Å². The van der Waals surface area contributed by atoms with Crippen molar-refractivity contribution in [2.24, 2.45) is 0 Å². The Hall–Kier alpha value is 1.49. The predicted molar refractivity (Wildman–Crippen MR) is 12.9 cm³/mol. The Bertz CT molecular complexity index is 55.3. The molecule has 5 heteroatoms. The summed E-state index contributed by atoms with van der Waals surface area (Å²) in [6.45, 7) is 0. The fourth-order valence-corrected chi connectivity index (χ4v) is 0. The van der Waals surface area contributed by atoms with Crippen LogP contribution in [0.5, 0.6) is 0 Å². The van der Waals surface area contributed by atoms with E-state index in [9.17, 15) is 0 Å². The molecule has 0 aromatic rings. The molecule has 0 aliphatic rings. The van der Waals surface area contributed by atoms with E-state index in [1.54, 1.807) is 0 Å². The van der Waals surface area contributed by atoms with Crippen molar-refractivity contribution in [3.8, 4) is 0 Å². The second-order valence-corrected chi connectivity index (χ2v) is 0.714. The van der Waals surface area contributed by atoms with Crippen LogP contribution in [0, 0.1) is 49.4 Å². The van der Waals surface area contributed by atoms with Crippen LogP contribution in [0.1, 0.15) is 0 Å². The average Bonchev–Trinajstić information content (AvgIpc) is 0.811. The van der Waals surface area contributed by atoms with Gasteiger partial charge >= 0.3 is 0 Å². The minimum absolute atomic E-state index is 0. The van der Waals surface area contributed by atoms with Crippen molar-refractivity contribution in [3.05, 3.63) is 0 Å². The molecule has 0 aromatic heterocycles. The van der Waals surface area contributed by atoms with Crippen LogP contribution in [0.4, 0.5) is 0 Å². The summed E-state index contributed by atoms with van der Waals surface area (Å²) in [6, 6.07) is 0. The molecule has 0 bridgehead atoms. The molecule has 33 valence electrons. The van der Waals surface area contributed by atoms with Gasteiger partial charge in [-0.05, 0) is 0 Å². The first-order chi connectivity index (χ1) is 1.73. The van der Waals surface area contributed by atoms with Crippen LogP contribution in [-0.2, 0) is 11.0 Å². The summed E-state index contributed by atoms with van der Waals surface area (Å²) in [6.07, 6.45) is 0. The third-order valence-electron chi connectivity index (χ3n) is 0. The molecule has 0 fully saturated rings. The number of hydrogen-bond acceptors (Lipinski definition) is 2. The zero-order chi connectivity index (χ0) is 3.58. The van der Waals surface area contributed by atoms with Crippen LogP contribution < -0.4 is 0 Å². The first-order valence-corrected chi connectivity index (χ1v) is 1.70. The van der Waals surface area contributed by atoms with Crippen molar-refractivity contribution in [2.45, 2.75) is 0 Å². The van der Waals surface area contributed by atoms with E-state index in [-0.39, 0.29) is 49.4 Å². The Morgan fingerprint density at radius 3 is 1.40 bits per heavy atom. The van der Waals surface area contributed by atoms with Gasteiger partial charge in [-0.1, -0.05) is 0 Å². The van der Waals surface area contributed by atoms with E-state index in [2.05, 4.69) is 0 Å². The molecule has 3 nitrogen and oxygen atoms in total. The minimum Gasteiger partial charge on any atom is -0.288 e. The van der Waals surface area contributed by atoms with Crippen LogP contribution in [0.15, 0.2) is 0 Å². The van der Waals surface area contributed by atoms with Crippen LogP contribution in [0.3, 0.4) is 0 Å². The van der Waals surface area contributed by atoms with Gasteiger partial charge in [-0.2, -0.15) is 0 Å². The van der Waals surface area contributed by atoms with Crippen molar-refractivity contribution < 1.29 is 62.3 Å². The van der Waals surface area contributed by atoms with E-state index in [1.807, 2.05) is 0 Å². The maximum absolute atomic E-state index is 8.59. The van der Waals surface area contributed by atoms with Crippen molar-refractivity contribution in [3.63, 3.8) is 0 Å². The zero-order valence-corrected chi connectivity index (χ0v) is 5.41. The molecule has 0 saturated carbocycles. The molecule has 0 spiro atoms. The first-order valence-electron chi connectivity index (χ1n) is 0.565. The fourth-order valence-electron chi connectivity index (χ4n) is 0. The molecular formula is H2EuO3S. The van der Waals surface area contributed by atoms with Crippen molar-refractivity contribution >= 4 is 11.0 Å². The van der Waals surface area contributed by atoms with Crippen LogP contribution in [0.25, 0.3) is 0 Å². The molecule has 0 aliphatic heterocycles. The van der Waals surface area contributed by atoms with E-state index < -0.39 is 11.0 Å². The molecule has 0 unspecified atom stereocenters. The third-order valence-corrected chi connectivity index (χ3v) is 0. The average molecular weight is 234 g/mol. The monoisotopic (exact) mass is 235 g/mol. The largest absolute Gasteiger partial charge is 0.288 e. The summed E-state index contributed by atoms with van der Waals surface area (Å²) in [7, 11) is -3.12. The summed E-state index contributed by atoms with van der Waals surface area (Å²) in [5.74, 6) is 0. The molecule has 0 amide bonds. The topological polar surface area (TPSA) is 54.4 Å². The number of hydrogen-bond donors (Lipinski definition) is 2. The predicted octanol–water partition coefficient (Wildman–Crippen LogP) is -0.929. The summed E-state index contributed by atoms with van der Waals surface area (Å²) < 4.78 is 24.2. The molecule has 0 saturated heterocycles. The summed E-state index contributed by atoms with van der Waals surface area (Å²) in [5.41, 5.74) is 0. The maximum atomic E-state index is 8.59. The van der Waals surface area contributed by atoms with Gasteiger partial charge in [-0.3, -0.25) is 4.55 Å². The van der Waals surface area contributed by atoms with Crippen molar-refractivity contribution in [1.29, 1.82) is 0 Å². The van der Waals surface area contributed by atoms with Gasteiger partial charge in [0.25, 0.3) is 11.0 Å². The summed E-state index contributed by atoms with van der Waals surface area (Å²) >= 11 is 0. The van der Waals surface area contributed by atoms with E-state index in [0.29, 0.717) is 0 Å². The molecule has 1 radical (unpaired) electrons. The quantitative estimate of drug-likeness (QED) is 0.420. The Morgan fingerprint density at radius 2 is 1.40 bits per heavy atom. The SMILES string of the molecule is O=[SH](=O)O.[Eu]. The normalized spacial score (nSPS) is 6.80. The van der Waals surface area contributed by atoms with Gasteiger partial charge in [0.15, 0.2) is 0 Å². The van der Waals surface area contributed by atoms with Gasteiger partial charge in [-0.15, -0.1) is 0 Å². The molecule has 0 aliphatic carbocycles. The molecule has 0 heterocycles. The van der Waals surface area contributed by atoms with Crippen LogP contribution in [-0.4, -0.2) is 13.0 Å². The van der Waals surface area contributed by atoms with E-state index in [4.69, 9.17) is 13.0 Å². The van der Waals surface area contributed by atoms with Crippen LogP contribution >= 0.6 is 0 Å². The van der Waals surface area contributed by atoms with Gasteiger partial charge in [0.1, 0.15) is 0 Å². The number of thiol groups is 1. The molecule has 1 N–H and O–H groups in total. The summed E-state index contributed by atoms with van der Waals surface area (Å²) in [5, 5.41) is 0. The molecule has 0 atom stereocenters. The molecule has 0 rings (SSSR count).